The normalized spacial score (nSPS) is 23.1. The largest absolute Gasteiger partial charge is 0.373 e. The Morgan fingerprint density at radius 1 is 1.10 bits per heavy atom. The molecule has 1 unspecified atom stereocenters. The van der Waals surface area contributed by atoms with Crippen LogP contribution in [0.1, 0.15) is 32.1 Å². The standard InChI is InChI=1S/C15H16F2N2O2/c16-11-6-5-9(7-12(11)17)18-13-8-14(20)19(15(13)21)10-3-1-2-4-10/h5-7,10,13,18H,1-4,8H2. The van der Waals surface area contributed by atoms with Gasteiger partial charge in [0.25, 0.3) is 5.91 Å². The molecule has 1 saturated carbocycles. The lowest BCUT2D eigenvalue weighted by Gasteiger charge is -2.22. The van der Waals surface area contributed by atoms with E-state index >= 15 is 0 Å². The van der Waals surface area contributed by atoms with Gasteiger partial charge in [-0.15, -0.1) is 0 Å². The average Bonchev–Trinajstić information content (AvgIpc) is 3.04. The van der Waals surface area contributed by atoms with Gasteiger partial charge in [-0.2, -0.15) is 0 Å². The predicted molar refractivity (Wildman–Crippen MR) is 72.5 cm³/mol. The van der Waals surface area contributed by atoms with Crippen LogP contribution in [-0.2, 0) is 9.59 Å². The maximum absolute atomic E-state index is 13.2. The Labute approximate surface area is 121 Å². The number of nitrogens with one attached hydrogen (secondary N) is 1. The van der Waals surface area contributed by atoms with Gasteiger partial charge in [0.15, 0.2) is 11.6 Å². The highest BCUT2D eigenvalue weighted by Gasteiger charge is 2.42. The fourth-order valence-electron chi connectivity index (χ4n) is 3.10. The molecule has 0 radical (unpaired) electrons. The van der Waals surface area contributed by atoms with Crippen molar-refractivity contribution >= 4 is 17.5 Å². The van der Waals surface area contributed by atoms with E-state index in [0.717, 1.165) is 37.8 Å². The second kappa shape index (κ2) is 5.42. The molecular weight excluding hydrogens is 278 g/mol. The number of amides is 2. The molecule has 6 heteroatoms. The Morgan fingerprint density at radius 3 is 2.48 bits per heavy atom. The number of halogens is 2. The van der Waals surface area contributed by atoms with Gasteiger partial charge in [0.05, 0.1) is 6.42 Å². The van der Waals surface area contributed by atoms with Crippen molar-refractivity contribution in [3.8, 4) is 0 Å². The Bertz CT molecular complexity index is 585. The molecule has 3 rings (SSSR count). The number of benzene rings is 1. The maximum atomic E-state index is 13.2. The van der Waals surface area contributed by atoms with Crippen LogP contribution in [0.2, 0.25) is 0 Å². The van der Waals surface area contributed by atoms with Crippen LogP contribution in [0.4, 0.5) is 14.5 Å². The Kier molecular flexibility index (Phi) is 3.61. The molecule has 1 N–H and O–H groups in total. The van der Waals surface area contributed by atoms with Gasteiger partial charge in [-0.1, -0.05) is 12.8 Å². The summed E-state index contributed by atoms with van der Waals surface area (Å²) in [6.45, 7) is 0. The van der Waals surface area contributed by atoms with E-state index in [1.165, 1.54) is 11.0 Å². The van der Waals surface area contributed by atoms with Gasteiger partial charge in [-0.05, 0) is 25.0 Å². The molecule has 1 saturated heterocycles. The zero-order chi connectivity index (χ0) is 15.0. The molecule has 1 heterocycles. The van der Waals surface area contributed by atoms with Gasteiger partial charge in [-0.3, -0.25) is 14.5 Å². The predicted octanol–water partition coefficient (Wildman–Crippen LogP) is 2.45. The zero-order valence-corrected chi connectivity index (χ0v) is 11.4. The molecule has 1 atom stereocenters. The highest BCUT2D eigenvalue weighted by atomic mass is 19.2. The molecule has 4 nitrogen and oxygen atoms in total. The van der Waals surface area contributed by atoms with Crippen molar-refractivity contribution in [2.75, 3.05) is 5.32 Å². The molecule has 1 aliphatic carbocycles. The summed E-state index contributed by atoms with van der Waals surface area (Å²) in [5.41, 5.74) is 0.299. The van der Waals surface area contributed by atoms with E-state index < -0.39 is 17.7 Å². The van der Waals surface area contributed by atoms with E-state index in [-0.39, 0.29) is 24.3 Å². The summed E-state index contributed by atoms with van der Waals surface area (Å²) in [7, 11) is 0. The number of nitrogens with zero attached hydrogens (tertiary/aromatic N) is 1. The minimum atomic E-state index is -0.982. The number of hydrogen-bond acceptors (Lipinski definition) is 3. The smallest absolute Gasteiger partial charge is 0.252 e. The Morgan fingerprint density at radius 2 is 1.81 bits per heavy atom. The zero-order valence-electron chi connectivity index (χ0n) is 11.4. The molecule has 2 amide bonds. The van der Waals surface area contributed by atoms with Gasteiger partial charge in [0.1, 0.15) is 6.04 Å². The van der Waals surface area contributed by atoms with Crippen LogP contribution < -0.4 is 5.32 Å². The van der Waals surface area contributed by atoms with Crippen molar-refractivity contribution < 1.29 is 18.4 Å². The summed E-state index contributed by atoms with van der Waals surface area (Å²) in [4.78, 5) is 25.7. The molecule has 21 heavy (non-hydrogen) atoms. The lowest BCUT2D eigenvalue weighted by atomic mass is 10.2. The third-order valence-electron chi connectivity index (χ3n) is 4.13. The van der Waals surface area contributed by atoms with Gasteiger partial charge < -0.3 is 5.32 Å². The fourth-order valence-corrected chi connectivity index (χ4v) is 3.10. The summed E-state index contributed by atoms with van der Waals surface area (Å²) in [6.07, 6.45) is 3.84. The summed E-state index contributed by atoms with van der Waals surface area (Å²) >= 11 is 0. The minimum absolute atomic E-state index is 0.00162. The van der Waals surface area contributed by atoms with Crippen LogP contribution in [0.5, 0.6) is 0 Å². The van der Waals surface area contributed by atoms with E-state index in [0.29, 0.717) is 5.69 Å². The summed E-state index contributed by atoms with van der Waals surface area (Å²) in [6, 6.07) is 2.65. The number of carbonyl (C=O) groups excluding carboxylic acids is 2. The molecule has 112 valence electrons. The number of likely N-dealkylation sites (tertiary alicyclic amines) is 1. The number of imide groups is 1. The third kappa shape index (κ3) is 2.62. The van der Waals surface area contributed by atoms with Gasteiger partial charge in [-0.25, -0.2) is 8.78 Å². The summed E-state index contributed by atoms with van der Waals surface area (Å²) in [5.74, 6) is -2.38. The van der Waals surface area contributed by atoms with Crippen molar-refractivity contribution in [3.63, 3.8) is 0 Å². The van der Waals surface area contributed by atoms with Crippen LogP contribution in [0.25, 0.3) is 0 Å². The minimum Gasteiger partial charge on any atom is -0.373 e. The molecule has 1 aromatic carbocycles. The van der Waals surface area contributed by atoms with Crippen molar-refractivity contribution in [1.29, 1.82) is 0 Å². The highest BCUT2D eigenvalue weighted by molar-refractivity contribution is 6.07. The number of hydrogen-bond donors (Lipinski definition) is 1. The number of anilines is 1. The summed E-state index contributed by atoms with van der Waals surface area (Å²) < 4.78 is 26.1. The Hall–Kier alpha value is -1.98. The van der Waals surface area contributed by atoms with Crippen molar-refractivity contribution in [3.05, 3.63) is 29.8 Å². The van der Waals surface area contributed by atoms with E-state index in [9.17, 15) is 18.4 Å². The van der Waals surface area contributed by atoms with E-state index in [2.05, 4.69) is 5.32 Å². The molecule has 0 aromatic heterocycles. The second-order valence-electron chi connectivity index (χ2n) is 5.57. The van der Waals surface area contributed by atoms with Gasteiger partial charge in [0, 0.05) is 17.8 Å². The quantitative estimate of drug-likeness (QED) is 0.871. The van der Waals surface area contributed by atoms with Crippen molar-refractivity contribution in [2.24, 2.45) is 0 Å². The van der Waals surface area contributed by atoms with Gasteiger partial charge in [0.2, 0.25) is 5.91 Å². The van der Waals surface area contributed by atoms with Gasteiger partial charge >= 0.3 is 0 Å². The topological polar surface area (TPSA) is 49.4 Å². The highest BCUT2D eigenvalue weighted by Crippen LogP contribution is 2.29. The Balaban J connectivity index is 1.73. The van der Waals surface area contributed by atoms with Crippen LogP contribution in [0.15, 0.2) is 18.2 Å². The molecule has 2 fully saturated rings. The fraction of sp³-hybridized carbons (Fsp3) is 0.467. The lowest BCUT2D eigenvalue weighted by Crippen LogP contribution is -2.40. The molecule has 1 aromatic rings. The molecule has 2 aliphatic rings. The second-order valence-corrected chi connectivity index (χ2v) is 5.57. The van der Waals surface area contributed by atoms with Crippen LogP contribution in [-0.4, -0.2) is 28.8 Å². The molecular formula is C15H16F2N2O2. The van der Waals surface area contributed by atoms with Crippen LogP contribution >= 0.6 is 0 Å². The molecule has 0 bridgehead atoms. The van der Waals surface area contributed by atoms with E-state index in [4.69, 9.17) is 0 Å². The van der Waals surface area contributed by atoms with E-state index in [1.54, 1.807) is 0 Å². The van der Waals surface area contributed by atoms with Crippen molar-refractivity contribution in [2.45, 2.75) is 44.2 Å². The number of carbonyl (C=O) groups is 2. The molecule has 0 spiro atoms. The SMILES string of the molecule is O=C1CC(Nc2ccc(F)c(F)c2)C(=O)N1C1CCCC1. The summed E-state index contributed by atoms with van der Waals surface area (Å²) in [5, 5.41) is 2.82. The van der Waals surface area contributed by atoms with Crippen molar-refractivity contribution in [1.82, 2.24) is 4.90 Å². The maximum Gasteiger partial charge on any atom is 0.252 e. The van der Waals surface area contributed by atoms with Crippen LogP contribution in [0, 0.1) is 11.6 Å². The number of rotatable bonds is 3. The monoisotopic (exact) mass is 294 g/mol. The molecule has 1 aliphatic heterocycles. The first kappa shape index (κ1) is 14.0. The van der Waals surface area contributed by atoms with E-state index in [1.807, 2.05) is 0 Å². The third-order valence-corrected chi connectivity index (χ3v) is 4.13. The first-order valence-electron chi connectivity index (χ1n) is 7.14. The first-order valence-corrected chi connectivity index (χ1v) is 7.14. The average molecular weight is 294 g/mol. The van der Waals surface area contributed by atoms with Crippen LogP contribution in [0.3, 0.4) is 0 Å². The lowest BCUT2D eigenvalue weighted by molar-refractivity contribution is -0.141. The first-order chi connectivity index (χ1) is 10.1.